The highest BCUT2D eigenvalue weighted by atomic mass is 19.4. The summed E-state index contributed by atoms with van der Waals surface area (Å²) in [6, 6.07) is -0.277. The van der Waals surface area contributed by atoms with Crippen molar-refractivity contribution in [2.75, 3.05) is 38.2 Å². The maximum absolute atomic E-state index is 12.7. The number of ether oxygens (including phenoxy) is 1. The van der Waals surface area contributed by atoms with Crippen molar-refractivity contribution in [1.29, 1.82) is 0 Å². The molecule has 0 amide bonds. The van der Waals surface area contributed by atoms with E-state index in [1.165, 1.54) is 23.0 Å². The number of carbonyl (C=O) groups excluding carboxylic acids is 1. The number of methoxy groups -OCH3 is 1. The lowest BCUT2D eigenvalue weighted by atomic mass is 10.2. The number of alkyl halides is 3. The maximum atomic E-state index is 12.7. The summed E-state index contributed by atoms with van der Waals surface area (Å²) >= 11 is 0. The fraction of sp³-hybridized carbons (Fsp3) is 0.600. The fourth-order valence-corrected chi connectivity index (χ4v) is 3.09. The minimum Gasteiger partial charge on any atom is -0.468 e. The van der Waals surface area contributed by atoms with Gasteiger partial charge in [0.15, 0.2) is 5.65 Å². The highest BCUT2D eigenvalue weighted by Gasteiger charge is 2.35. The molecule has 1 aliphatic rings. The number of nitrogens with zero attached hydrogens (tertiary/aromatic N) is 6. The Morgan fingerprint density at radius 3 is 2.77 bits per heavy atom. The molecule has 0 N–H and O–H groups in total. The summed E-state index contributed by atoms with van der Waals surface area (Å²) in [6.07, 6.45) is -1.30. The predicted octanol–water partition coefficient (Wildman–Crippen LogP) is 1.07. The monoisotopic (exact) mass is 372 g/mol. The van der Waals surface area contributed by atoms with Gasteiger partial charge in [0, 0.05) is 25.7 Å². The molecule has 1 aliphatic heterocycles. The van der Waals surface area contributed by atoms with Gasteiger partial charge >= 0.3 is 12.1 Å². The van der Waals surface area contributed by atoms with Crippen LogP contribution in [0.4, 0.5) is 19.0 Å². The van der Waals surface area contributed by atoms with E-state index >= 15 is 0 Å². The number of halogens is 3. The first-order chi connectivity index (χ1) is 12.3. The summed E-state index contributed by atoms with van der Waals surface area (Å²) in [5.74, 6) is 0.147. The Morgan fingerprint density at radius 2 is 2.12 bits per heavy atom. The normalized spacial score (nSPS) is 19.1. The largest absolute Gasteiger partial charge is 0.468 e. The molecular formula is C15H19F3N6O2. The molecule has 1 atom stereocenters. The van der Waals surface area contributed by atoms with Crippen LogP contribution in [-0.4, -0.2) is 76.1 Å². The van der Waals surface area contributed by atoms with Crippen molar-refractivity contribution in [2.45, 2.75) is 25.7 Å². The summed E-state index contributed by atoms with van der Waals surface area (Å²) < 4.78 is 44.0. The molecule has 0 aromatic carbocycles. The van der Waals surface area contributed by atoms with Crippen molar-refractivity contribution < 1.29 is 22.7 Å². The Bertz CT molecular complexity index is 793. The second-order valence-electron chi connectivity index (χ2n) is 6.19. The molecule has 1 fully saturated rings. The average molecular weight is 372 g/mol. The number of anilines is 1. The lowest BCUT2D eigenvalue weighted by molar-refractivity contribution is -0.151. The van der Waals surface area contributed by atoms with Gasteiger partial charge in [-0.25, -0.2) is 14.6 Å². The van der Waals surface area contributed by atoms with Crippen LogP contribution in [0.5, 0.6) is 0 Å². The van der Waals surface area contributed by atoms with E-state index in [0.717, 1.165) is 0 Å². The highest BCUT2D eigenvalue weighted by molar-refractivity contribution is 5.87. The summed E-state index contributed by atoms with van der Waals surface area (Å²) in [5, 5.41) is 4.79. The molecule has 1 saturated heterocycles. The second-order valence-corrected chi connectivity index (χ2v) is 6.19. The fourth-order valence-electron chi connectivity index (χ4n) is 3.09. The van der Waals surface area contributed by atoms with Crippen LogP contribution in [0.1, 0.15) is 6.92 Å². The third-order valence-corrected chi connectivity index (χ3v) is 4.37. The molecule has 8 nitrogen and oxygen atoms in total. The summed E-state index contributed by atoms with van der Waals surface area (Å²) in [5.41, 5.74) is 0.478. The SMILES string of the molecule is COC(=O)Cn1ncc2c(N3CCN(CC(F)(F)F)C(C)C3)ncnc21. The van der Waals surface area contributed by atoms with Crippen molar-refractivity contribution in [3.63, 3.8) is 0 Å². The number of aromatic nitrogens is 4. The summed E-state index contributed by atoms with van der Waals surface area (Å²) in [6.45, 7) is 1.86. The third kappa shape index (κ3) is 3.87. The van der Waals surface area contributed by atoms with Gasteiger partial charge in [-0.2, -0.15) is 18.3 Å². The zero-order valence-corrected chi connectivity index (χ0v) is 14.4. The minimum atomic E-state index is -4.21. The maximum Gasteiger partial charge on any atom is 0.401 e. The zero-order chi connectivity index (χ0) is 18.9. The number of piperazine rings is 1. The van der Waals surface area contributed by atoms with Gasteiger partial charge in [0.1, 0.15) is 18.7 Å². The number of rotatable bonds is 4. The average Bonchev–Trinajstić information content (AvgIpc) is 2.98. The van der Waals surface area contributed by atoms with Crippen LogP contribution in [0.2, 0.25) is 0 Å². The van der Waals surface area contributed by atoms with E-state index in [9.17, 15) is 18.0 Å². The van der Waals surface area contributed by atoms with Gasteiger partial charge in [0.05, 0.1) is 25.2 Å². The van der Waals surface area contributed by atoms with Gasteiger partial charge in [-0.3, -0.25) is 9.69 Å². The van der Waals surface area contributed by atoms with E-state index in [2.05, 4.69) is 19.8 Å². The number of fused-ring (bicyclic) bond motifs is 1. The molecule has 2 aromatic heterocycles. The van der Waals surface area contributed by atoms with Crippen LogP contribution in [-0.2, 0) is 16.1 Å². The molecule has 142 valence electrons. The Labute approximate surface area is 147 Å². The van der Waals surface area contributed by atoms with E-state index in [-0.39, 0.29) is 19.1 Å². The van der Waals surface area contributed by atoms with Gasteiger partial charge in [-0.1, -0.05) is 0 Å². The molecular weight excluding hydrogens is 353 g/mol. The van der Waals surface area contributed by atoms with Crippen molar-refractivity contribution in [3.8, 4) is 0 Å². The first kappa shape index (κ1) is 18.4. The summed E-state index contributed by atoms with van der Waals surface area (Å²) in [4.78, 5) is 23.2. The molecule has 0 spiro atoms. The van der Waals surface area contributed by atoms with Gasteiger partial charge in [0.25, 0.3) is 0 Å². The van der Waals surface area contributed by atoms with Crippen LogP contribution >= 0.6 is 0 Å². The molecule has 2 aromatic rings. The van der Waals surface area contributed by atoms with Crippen LogP contribution in [0.3, 0.4) is 0 Å². The predicted molar refractivity (Wildman–Crippen MR) is 86.6 cm³/mol. The second kappa shape index (κ2) is 7.06. The standard InChI is InChI=1S/C15H19F3N6O2/c1-10-6-22(3-4-23(10)8-15(16,17)18)13-11-5-21-24(7-12(25)26-2)14(11)20-9-19-13/h5,9-10H,3-4,6-8H2,1-2H3. The molecule has 0 saturated carbocycles. The lowest BCUT2D eigenvalue weighted by Crippen LogP contribution is -2.54. The van der Waals surface area contributed by atoms with E-state index in [4.69, 9.17) is 0 Å². The Hall–Kier alpha value is -2.43. The molecule has 1 unspecified atom stereocenters. The van der Waals surface area contributed by atoms with Crippen molar-refractivity contribution in [2.24, 2.45) is 0 Å². The molecule has 3 heterocycles. The van der Waals surface area contributed by atoms with E-state index < -0.39 is 18.7 Å². The third-order valence-electron chi connectivity index (χ3n) is 4.37. The molecule has 26 heavy (non-hydrogen) atoms. The zero-order valence-electron chi connectivity index (χ0n) is 14.4. The van der Waals surface area contributed by atoms with Crippen molar-refractivity contribution in [1.82, 2.24) is 24.6 Å². The number of hydrogen-bond donors (Lipinski definition) is 0. The van der Waals surface area contributed by atoms with E-state index in [0.29, 0.717) is 29.9 Å². The first-order valence-corrected chi connectivity index (χ1v) is 8.07. The van der Waals surface area contributed by atoms with Gasteiger partial charge in [-0.05, 0) is 6.92 Å². The number of esters is 1. The summed E-state index contributed by atoms with van der Waals surface area (Å²) in [7, 11) is 1.29. The van der Waals surface area contributed by atoms with Crippen LogP contribution in [0.25, 0.3) is 11.0 Å². The molecule has 0 radical (unpaired) electrons. The lowest BCUT2D eigenvalue weighted by Gasteiger charge is -2.40. The smallest absolute Gasteiger partial charge is 0.401 e. The Morgan fingerprint density at radius 1 is 1.35 bits per heavy atom. The molecule has 11 heteroatoms. The highest BCUT2D eigenvalue weighted by Crippen LogP contribution is 2.26. The quantitative estimate of drug-likeness (QED) is 0.743. The Kier molecular flexibility index (Phi) is 4.99. The molecule has 0 bridgehead atoms. The van der Waals surface area contributed by atoms with Crippen molar-refractivity contribution in [3.05, 3.63) is 12.5 Å². The number of carbonyl (C=O) groups is 1. The van der Waals surface area contributed by atoms with Gasteiger partial charge in [0.2, 0.25) is 0 Å². The van der Waals surface area contributed by atoms with Crippen LogP contribution in [0, 0.1) is 0 Å². The van der Waals surface area contributed by atoms with Crippen LogP contribution < -0.4 is 4.90 Å². The topological polar surface area (TPSA) is 76.4 Å². The van der Waals surface area contributed by atoms with E-state index in [1.54, 1.807) is 13.1 Å². The van der Waals surface area contributed by atoms with Crippen molar-refractivity contribution >= 4 is 22.8 Å². The van der Waals surface area contributed by atoms with Gasteiger partial charge in [-0.15, -0.1) is 0 Å². The minimum absolute atomic E-state index is 0.0772. The first-order valence-electron chi connectivity index (χ1n) is 8.07. The number of hydrogen-bond acceptors (Lipinski definition) is 7. The van der Waals surface area contributed by atoms with Gasteiger partial charge < -0.3 is 9.64 Å². The molecule has 0 aliphatic carbocycles. The Balaban J connectivity index is 1.80. The van der Waals surface area contributed by atoms with Crippen LogP contribution in [0.15, 0.2) is 12.5 Å². The van der Waals surface area contributed by atoms with E-state index in [1.807, 2.05) is 4.90 Å². The molecule has 3 rings (SSSR count).